The number of nitrogens with two attached hydrogens (primary N) is 1. The molecule has 0 unspecified atom stereocenters. The van der Waals surface area contributed by atoms with Crippen molar-refractivity contribution in [1.82, 2.24) is 16.0 Å². The lowest BCUT2D eigenvalue weighted by molar-refractivity contribution is -0.124. The molecule has 0 aromatic heterocycles. The molecule has 0 bridgehead atoms. The molecule has 0 saturated carbocycles. The van der Waals surface area contributed by atoms with E-state index < -0.39 is 17.0 Å². The number of nitrogens with one attached hydrogen (secondary N) is 3. The van der Waals surface area contributed by atoms with E-state index in [0.717, 1.165) is 58.4 Å². The molecule has 0 aliphatic heterocycles. The third-order valence-corrected chi connectivity index (χ3v) is 5.62. The molecule has 1 aliphatic carbocycles. The minimum Gasteiger partial charge on any atom is -0.489 e. The second kappa shape index (κ2) is 14.8. The van der Waals surface area contributed by atoms with Crippen molar-refractivity contribution >= 4 is 17.5 Å². The number of amides is 1. The Morgan fingerprint density at radius 3 is 1.91 bits per heavy atom. The molecule has 33 heavy (non-hydrogen) atoms. The summed E-state index contributed by atoms with van der Waals surface area (Å²) in [6.45, 7) is 10.2. The quantitative estimate of drug-likeness (QED) is 0.186. The first-order valence-electron chi connectivity index (χ1n) is 11.7. The summed E-state index contributed by atoms with van der Waals surface area (Å²) in [4.78, 5) is 38.1. The average molecular weight is 467 g/mol. The number of Topliss-reactive ketones (excluding diaryl/α,β-unsaturated/α-hetero) is 2. The highest BCUT2D eigenvalue weighted by Crippen LogP contribution is 2.39. The minimum absolute atomic E-state index is 0.0859. The van der Waals surface area contributed by atoms with Gasteiger partial charge in [0.05, 0.1) is 14.2 Å². The first-order valence-corrected chi connectivity index (χ1v) is 11.7. The van der Waals surface area contributed by atoms with Crippen LogP contribution in [-0.2, 0) is 23.9 Å². The van der Waals surface area contributed by atoms with Gasteiger partial charge in [0.15, 0.2) is 0 Å². The number of allylic oxidation sites excluding steroid dienone is 2. The van der Waals surface area contributed by atoms with E-state index in [0.29, 0.717) is 12.1 Å². The predicted octanol–water partition coefficient (Wildman–Crippen LogP) is 1.19. The maximum absolute atomic E-state index is 13.0. The fraction of sp³-hybridized carbons (Fsp3) is 0.708. The van der Waals surface area contributed by atoms with Crippen molar-refractivity contribution in [1.29, 1.82) is 0 Å². The summed E-state index contributed by atoms with van der Waals surface area (Å²) < 4.78 is 10.2. The Morgan fingerprint density at radius 1 is 0.848 bits per heavy atom. The van der Waals surface area contributed by atoms with Crippen molar-refractivity contribution in [2.24, 2.45) is 11.1 Å². The second-order valence-electron chi connectivity index (χ2n) is 8.84. The molecule has 5 N–H and O–H groups in total. The number of unbranched alkanes of at least 4 members (excludes halogenated alkanes) is 1. The molecular weight excluding hydrogens is 424 g/mol. The van der Waals surface area contributed by atoms with Gasteiger partial charge in [-0.05, 0) is 65.3 Å². The summed E-state index contributed by atoms with van der Waals surface area (Å²) in [5.74, 6) is -1.18. The molecule has 0 aromatic rings. The molecule has 0 saturated heterocycles. The maximum atomic E-state index is 13.0. The van der Waals surface area contributed by atoms with Crippen LogP contribution in [-0.4, -0.2) is 71.0 Å². The van der Waals surface area contributed by atoms with E-state index in [4.69, 9.17) is 15.2 Å². The number of carbonyl (C=O) groups is 3. The molecule has 9 heteroatoms. The van der Waals surface area contributed by atoms with Gasteiger partial charge in [0.2, 0.25) is 29.0 Å². The van der Waals surface area contributed by atoms with E-state index >= 15 is 0 Å². The van der Waals surface area contributed by atoms with Gasteiger partial charge in [-0.3, -0.25) is 14.4 Å². The van der Waals surface area contributed by atoms with E-state index in [2.05, 4.69) is 16.0 Å². The van der Waals surface area contributed by atoms with Crippen molar-refractivity contribution < 1.29 is 23.9 Å². The van der Waals surface area contributed by atoms with Gasteiger partial charge in [0.25, 0.3) is 0 Å². The molecule has 0 aromatic carbocycles. The summed E-state index contributed by atoms with van der Waals surface area (Å²) in [6, 6.07) is 0. The number of ether oxygens (including phenoxy) is 2. The monoisotopic (exact) mass is 466 g/mol. The molecule has 1 amide bonds. The molecular formula is C24H42N4O5. The summed E-state index contributed by atoms with van der Waals surface area (Å²) in [6.07, 6.45) is 4.12. The average Bonchev–Trinajstić information content (AvgIpc) is 2.76. The highest BCUT2D eigenvalue weighted by molar-refractivity contribution is 6.24. The lowest BCUT2D eigenvalue weighted by Gasteiger charge is -2.31. The van der Waals surface area contributed by atoms with Crippen LogP contribution in [0.3, 0.4) is 0 Å². The number of rotatable bonds is 17. The zero-order chi connectivity index (χ0) is 24.9. The normalized spacial score (nSPS) is 14.7. The fourth-order valence-electron chi connectivity index (χ4n) is 3.93. The summed E-state index contributed by atoms with van der Waals surface area (Å²) in [5.41, 5.74) is 5.20. The minimum atomic E-state index is -0.833. The van der Waals surface area contributed by atoms with Crippen LogP contribution in [0, 0.1) is 5.41 Å². The Labute approximate surface area is 197 Å². The smallest absolute Gasteiger partial charge is 0.228 e. The maximum Gasteiger partial charge on any atom is 0.228 e. The van der Waals surface area contributed by atoms with Gasteiger partial charge in [-0.15, -0.1) is 0 Å². The molecule has 1 aliphatic rings. The van der Waals surface area contributed by atoms with E-state index in [9.17, 15) is 14.4 Å². The molecule has 0 spiro atoms. The Hall–Kier alpha value is -2.23. The van der Waals surface area contributed by atoms with Crippen LogP contribution in [0.1, 0.15) is 52.9 Å². The highest BCUT2D eigenvalue weighted by atomic mass is 16.5. The van der Waals surface area contributed by atoms with Gasteiger partial charge < -0.3 is 31.2 Å². The van der Waals surface area contributed by atoms with Crippen LogP contribution in [0.25, 0.3) is 0 Å². The summed E-state index contributed by atoms with van der Waals surface area (Å²) in [5, 5.41) is 9.64. The molecule has 0 heterocycles. The molecule has 1 rings (SSSR count). The van der Waals surface area contributed by atoms with Gasteiger partial charge in [-0.25, -0.2) is 0 Å². The zero-order valence-electron chi connectivity index (χ0n) is 20.9. The Balaban J connectivity index is 2.39. The SMILES string of the molecule is COC1=C(OC)C(=O)C(C(C)(C)CC(=O)NCCCNCCCCNCCCN)=C(C)C1=O. The lowest BCUT2D eigenvalue weighted by atomic mass is 9.73. The van der Waals surface area contributed by atoms with Crippen LogP contribution in [0.4, 0.5) is 0 Å². The van der Waals surface area contributed by atoms with Gasteiger partial charge in [-0.1, -0.05) is 13.8 Å². The van der Waals surface area contributed by atoms with E-state index in [-0.39, 0.29) is 29.4 Å². The Morgan fingerprint density at radius 2 is 1.36 bits per heavy atom. The van der Waals surface area contributed by atoms with Crippen molar-refractivity contribution in [2.45, 2.75) is 52.9 Å². The highest BCUT2D eigenvalue weighted by Gasteiger charge is 2.42. The number of hydrogen-bond donors (Lipinski definition) is 4. The van der Waals surface area contributed by atoms with Gasteiger partial charge >= 0.3 is 0 Å². The standard InChI is InChI=1S/C24H42N4O5/c1-17-19(21(31)23(33-5)22(32-4)20(17)30)24(2,3)16-18(29)28-15-9-14-27-12-7-6-11-26-13-8-10-25/h26-27H,6-16,25H2,1-5H3,(H,28,29). The topological polar surface area (TPSA) is 132 Å². The third-order valence-electron chi connectivity index (χ3n) is 5.62. The van der Waals surface area contributed by atoms with Gasteiger partial charge in [-0.2, -0.15) is 0 Å². The van der Waals surface area contributed by atoms with E-state index in [1.54, 1.807) is 20.8 Å². The van der Waals surface area contributed by atoms with Gasteiger partial charge in [0, 0.05) is 29.5 Å². The van der Waals surface area contributed by atoms with Crippen LogP contribution in [0.5, 0.6) is 0 Å². The molecule has 0 fully saturated rings. The van der Waals surface area contributed by atoms with Crippen molar-refractivity contribution in [3.63, 3.8) is 0 Å². The first-order chi connectivity index (χ1) is 15.7. The molecule has 0 atom stereocenters. The molecule has 188 valence electrons. The molecule has 0 radical (unpaired) electrons. The first kappa shape index (κ1) is 28.8. The Kier molecular flexibility index (Phi) is 12.9. The fourth-order valence-corrected chi connectivity index (χ4v) is 3.93. The predicted molar refractivity (Wildman–Crippen MR) is 128 cm³/mol. The van der Waals surface area contributed by atoms with Crippen LogP contribution in [0.2, 0.25) is 0 Å². The summed E-state index contributed by atoms with van der Waals surface area (Å²) >= 11 is 0. The lowest BCUT2D eigenvalue weighted by Crippen LogP contribution is -2.36. The van der Waals surface area contributed by atoms with Crippen LogP contribution >= 0.6 is 0 Å². The number of hydrogen-bond acceptors (Lipinski definition) is 8. The number of ketones is 2. The van der Waals surface area contributed by atoms with Gasteiger partial charge in [0.1, 0.15) is 0 Å². The van der Waals surface area contributed by atoms with Crippen LogP contribution < -0.4 is 21.7 Å². The number of methoxy groups -OCH3 is 2. The second-order valence-corrected chi connectivity index (χ2v) is 8.84. The van der Waals surface area contributed by atoms with Crippen LogP contribution in [0.15, 0.2) is 22.7 Å². The Bertz CT molecular complexity index is 743. The molecule has 9 nitrogen and oxygen atoms in total. The van der Waals surface area contributed by atoms with Crippen molar-refractivity contribution in [2.75, 3.05) is 53.5 Å². The van der Waals surface area contributed by atoms with E-state index in [1.165, 1.54) is 14.2 Å². The van der Waals surface area contributed by atoms with Crippen molar-refractivity contribution in [3.8, 4) is 0 Å². The zero-order valence-corrected chi connectivity index (χ0v) is 20.9. The van der Waals surface area contributed by atoms with Crippen molar-refractivity contribution in [3.05, 3.63) is 22.7 Å². The third kappa shape index (κ3) is 8.91. The number of carbonyl (C=O) groups excluding carboxylic acids is 3. The summed E-state index contributed by atoms with van der Waals surface area (Å²) in [7, 11) is 2.65. The van der Waals surface area contributed by atoms with E-state index in [1.807, 2.05) is 0 Å². The largest absolute Gasteiger partial charge is 0.489 e.